The maximum absolute atomic E-state index is 13.1. The molecule has 0 saturated heterocycles. The van der Waals surface area contributed by atoms with E-state index in [9.17, 15) is 28.1 Å². The predicted octanol–water partition coefficient (Wildman–Crippen LogP) is 4.95. The highest BCUT2D eigenvalue weighted by Crippen LogP contribution is 2.25. The van der Waals surface area contributed by atoms with Gasteiger partial charge in [-0.25, -0.2) is 0 Å². The minimum atomic E-state index is -4.64. The zero-order chi connectivity index (χ0) is 20.3. The van der Waals surface area contributed by atoms with Gasteiger partial charge in [0.15, 0.2) is 0 Å². The van der Waals surface area contributed by atoms with Crippen molar-refractivity contribution < 1.29 is 22.9 Å². The molecular formula is C20H15F3N2O3. The summed E-state index contributed by atoms with van der Waals surface area (Å²) in [7, 11) is 0. The van der Waals surface area contributed by atoms with Crippen LogP contribution in [0, 0.1) is 10.1 Å². The van der Waals surface area contributed by atoms with Crippen molar-refractivity contribution in [2.75, 3.05) is 6.54 Å². The molecule has 0 aliphatic heterocycles. The Hall–Kier alpha value is -3.42. The smallest absolute Gasteiger partial charge is 0.325 e. The molecule has 0 aromatic heterocycles. The molecule has 0 saturated carbocycles. The minimum Gasteiger partial charge on any atom is -0.325 e. The van der Waals surface area contributed by atoms with Crippen LogP contribution in [0.25, 0.3) is 10.8 Å². The zero-order valence-corrected chi connectivity index (χ0v) is 14.5. The molecular weight excluding hydrogens is 373 g/mol. The fraction of sp³-hybridized carbons (Fsp3) is 0.150. The number of halogens is 3. The minimum absolute atomic E-state index is 0.0332. The lowest BCUT2D eigenvalue weighted by atomic mass is 10.1. The summed E-state index contributed by atoms with van der Waals surface area (Å²) in [6.45, 7) is -2.03. The number of carbonyl (C=O) groups is 1. The maximum atomic E-state index is 13.1. The van der Waals surface area contributed by atoms with Gasteiger partial charge in [0.2, 0.25) is 0 Å². The SMILES string of the molecule is O=C(c1ccc2ccccc2c1)N(Cc1ccccc1[N+](=O)[O-])CC(F)(F)F. The Morgan fingerprint density at radius 3 is 2.29 bits per heavy atom. The molecule has 0 heterocycles. The number of hydrogen-bond acceptors (Lipinski definition) is 3. The number of rotatable bonds is 5. The van der Waals surface area contributed by atoms with Crippen LogP contribution in [0.4, 0.5) is 18.9 Å². The molecule has 0 N–H and O–H groups in total. The summed E-state index contributed by atoms with van der Waals surface area (Å²) in [5, 5.41) is 12.7. The molecule has 0 unspecified atom stereocenters. The zero-order valence-electron chi connectivity index (χ0n) is 14.5. The standard InChI is InChI=1S/C20H15F3N2O3/c21-20(22,23)13-24(12-17-7-3-4-8-18(17)25(27)28)19(26)16-10-9-14-5-1-2-6-15(14)11-16/h1-11H,12-13H2. The van der Waals surface area contributed by atoms with Crippen LogP contribution in [0.3, 0.4) is 0 Å². The van der Waals surface area contributed by atoms with Gasteiger partial charge in [0.05, 0.1) is 11.5 Å². The van der Waals surface area contributed by atoms with Gasteiger partial charge in [-0.2, -0.15) is 13.2 Å². The van der Waals surface area contributed by atoms with E-state index in [2.05, 4.69) is 0 Å². The average Bonchev–Trinajstić information content (AvgIpc) is 2.65. The number of amides is 1. The molecule has 0 aliphatic carbocycles. The second kappa shape index (κ2) is 7.67. The number of fused-ring (bicyclic) bond motifs is 1. The molecule has 5 nitrogen and oxygen atoms in total. The summed E-state index contributed by atoms with van der Waals surface area (Å²) in [5.74, 6) is -0.846. The highest BCUT2D eigenvalue weighted by molar-refractivity contribution is 5.98. The van der Waals surface area contributed by atoms with Gasteiger partial charge in [0.1, 0.15) is 6.54 Å². The molecule has 1 amide bonds. The normalized spacial score (nSPS) is 11.4. The van der Waals surface area contributed by atoms with Crippen molar-refractivity contribution in [1.29, 1.82) is 0 Å². The Balaban J connectivity index is 1.97. The van der Waals surface area contributed by atoms with E-state index in [0.717, 1.165) is 5.39 Å². The number of nitrogens with zero attached hydrogens (tertiary/aromatic N) is 2. The van der Waals surface area contributed by atoms with Gasteiger partial charge in [-0.1, -0.05) is 48.5 Å². The van der Waals surface area contributed by atoms with Gasteiger partial charge in [-0.3, -0.25) is 14.9 Å². The molecule has 0 aliphatic rings. The van der Waals surface area contributed by atoms with E-state index in [0.29, 0.717) is 10.3 Å². The Labute approximate surface area is 158 Å². The molecule has 0 atom stereocenters. The van der Waals surface area contributed by atoms with Crippen LogP contribution in [0.1, 0.15) is 15.9 Å². The number of nitro groups is 1. The molecule has 8 heteroatoms. The van der Waals surface area contributed by atoms with E-state index >= 15 is 0 Å². The van der Waals surface area contributed by atoms with Gasteiger partial charge in [0, 0.05) is 17.2 Å². The molecule has 3 rings (SSSR count). The summed E-state index contributed by atoms with van der Waals surface area (Å²) >= 11 is 0. The van der Waals surface area contributed by atoms with E-state index in [1.807, 2.05) is 12.1 Å². The van der Waals surface area contributed by atoms with Crippen molar-refractivity contribution >= 4 is 22.4 Å². The molecule has 28 heavy (non-hydrogen) atoms. The number of nitro benzene ring substituents is 1. The summed E-state index contributed by atoms with van der Waals surface area (Å²) < 4.78 is 39.2. The van der Waals surface area contributed by atoms with Crippen LogP contribution in [-0.2, 0) is 6.54 Å². The average molecular weight is 388 g/mol. The van der Waals surface area contributed by atoms with Crippen molar-refractivity contribution in [3.8, 4) is 0 Å². The lowest BCUT2D eigenvalue weighted by molar-refractivity contribution is -0.385. The number of hydrogen-bond donors (Lipinski definition) is 0. The third-order valence-corrected chi connectivity index (χ3v) is 4.20. The van der Waals surface area contributed by atoms with Crippen LogP contribution < -0.4 is 0 Å². The Morgan fingerprint density at radius 2 is 1.61 bits per heavy atom. The van der Waals surface area contributed by atoms with Crippen molar-refractivity contribution in [3.63, 3.8) is 0 Å². The molecule has 0 fully saturated rings. The van der Waals surface area contributed by atoms with E-state index < -0.39 is 30.1 Å². The second-order valence-corrected chi connectivity index (χ2v) is 6.22. The van der Waals surface area contributed by atoms with Gasteiger partial charge in [0.25, 0.3) is 11.6 Å². The first-order valence-corrected chi connectivity index (χ1v) is 8.32. The number of alkyl halides is 3. The Bertz CT molecular complexity index is 1030. The monoisotopic (exact) mass is 388 g/mol. The highest BCUT2D eigenvalue weighted by Gasteiger charge is 2.34. The summed E-state index contributed by atoms with van der Waals surface area (Å²) in [6.07, 6.45) is -4.64. The topological polar surface area (TPSA) is 63.5 Å². The molecule has 0 radical (unpaired) electrons. The van der Waals surface area contributed by atoms with E-state index in [4.69, 9.17) is 0 Å². The third-order valence-electron chi connectivity index (χ3n) is 4.20. The van der Waals surface area contributed by atoms with Gasteiger partial charge < -0.3 is 4.90 Å². The van der Waals surface area contributed by atoms with Crippen LogP contribution in [-0.4, -0.2) is 28.5 Å². The fourth-order valence-corrected chi connectivity index (χ4v) is 2.95. The van der Waals surface area contributed by atoms with Crippen LogP contribution >= 0.6 is 0 Å². The van der Waals surface area contributed by atoms with Crippen LogP contribution in [0.5, 0.6) is 0 Å². The van der Waals surface area contributed by atoms with Crippen molar-refractivity contribution in [2.24, 2.45) is 0 Å². The van der Waals surface area contributed by atoms with E-state index in [1.54, 1.807) is 18.2 Å². The molecule has 0 spiro atoms. The third kappa shape index (κ3) is 4.46. The van der Waals surface area contributed by atoms with Crippen molar-refractivity contribution in [2.45, 2.75) is 12.7 Å². The first-order chi connectivity index (χ1) is 13.2. The van der Waals surface area contributed by atoms with Gasteiger partial charge >= 0.3 is 6.18 Å². The lowest BCUT2D eigenvalue weighted by Gasteiger charge is -2.24. The van der Waals surface area contributed by atoms with Gasteiger partial charge in [-0.05, 0) is 22.9 Å². The number of carbonyl (C=O) groups excluding carboxylic acids is 1. The molecule has 0 bridgehead atoms. The van der Waals surface area contributed by atoms with E-state index in [1.165, 1.54) is 36.4 Å². The summed E-state index contributed by atoms with van der Waals surface area (Å²) in [4.78, 5) is 23.9. The summed E-state index contributed by atoms with van der Waals surface area (Å²) in [6, 6.07) is 17.2. The van der Waals surface area contributed by atoms with Gasteiger partial charge in [-0.15, -0.1) is 0 Å². The molecule has 3 aromatic rings. The maximum Gasteiger partial charge on any atom is 0.406 e. The quantitative estimate of drug-likeness (QED) is 0.459. The van der Waals surface area contributed by atoms with Crippen molar-refractivity contribution in [3.05, 3.63) is 88.0 Å². The first kappa shape index (κ1) is 19.3. The summed E-state index contributed by atoms with van der Waals surface area (Å²) in [5.41, 5.74) is -0.214. The highest BCUT2D eigenvalue weighted by atomic mass is 19.4. The van der Waals surface area contributed by atoms with Crippen LogP contribution in [0.2, 0.25) is 0 Å². The van der Waals surface area contributed by atoms with Crippen molar-refractivity contribution in [1.82, 2.24) is 4.90 Å². The van der Waals surface area contributed by atoms with E-state index in [-0.39, 0.29) is 16.8 Å². The Kier molecular flexibility index (Phi) is 5.30. The largest absolute Gasteiger partial charge is 0.406 e. The molecule has 3 aromatic carbocycles. The molecule has 144 valence electrons. The fourth-order valence-electron chi connectivity index (χ4n) is 2.95. The lowest BCUT2D eigenvalue weighted by Crippen LogP contribution is -2.38. The second-order valence-electron chi connectivity index (χ2n) is 6.22. The first-order valence-electron chi connectivity index (χ1n) is 8.32. The number of benzene rings is 3. The Morgan fingerprint density at radius 1 is 0.964 bits per heavy atom. The van der Waals surface area contributed by atoms with Crippen LogP contribution in [0.15, 0.2) is 66.7 Å². The number of para-hydroxylation sites is 1. The predicted molar refractivity (Wildman–Crippen MR) is 97.8 cm³/mol.